The molecule has 1 amide bonds. The third kappa shape index (κ3) is 6.64. The molecule has 2 rings (SSSR count). The second-order valence-corrected chi connectivity index (χ2v) is 8.69. The van der Waals surface area contributed by atoms with E-state index in [4.69, 9.17) is 0 Å². The molecule has 0 saturated heterocycles. The van der Waals surface area contributed by atoms with Crippen LogP contribution >= 0.6 is 34.9 Å². The van der Waals surface area contributed by atoms with Gasteiger partial charge in [0.05, 0.1) is 5.75 Å². The maximum absolute atomic E-state index is 12.3. The smallest absolute Gasteiger partial charge is 0.224 e. The molecule has 0 radical (unpaired) electrons. The number of rotatable bonds is 9. The van der Waals surface area contributed by atoms with E-state index in [2.05, 4.69) is 22.1 Å². The molecule has 0 atom stereocenters. The fourth-order valence-electron chi connectivity index (χ4n) is 1.70. The summed E-state index contributed by atoms with van der Waals surface area (Å²) in [6.45, 7) is 7.63. The number of ketones is 1. The molecule has 25 heavy (non-hydrogen) atoms. The molecule has 5 nitrogen and oxygen atoms in total. The average Bonchev–Trinajstić information content (AvgIpc) is 3.06. The van der Waals surface area contributed by atoms with Gasteiger partial charge in [-0.25, -0.2) is 0 Å². The van der Waals surface area contributed by atoms with Gasteiger partial charge in [0.1, 0.15) is 0 Å². The van der Waals surface area contributed by atoms with E-state index in [0.717, 1.165) is 20.0 Å². The Hall–Kier alpha value is -1.64. The molecular weight excluding hydrogens is 374 g/mol. The number of anilines is 1. The highest BCUT2D eigenvalue weighted by Crippen LogP contribution is 2.29. The number of hydrogen-bond acceptors (Lipinski definition) is 7. The third-order valence-corrected chi connectivity index (χ3v) is 6.39. The predicted octanol–water partition coefficient (Wildman–Crippen LogP) is 4.53. The van der Waals surface area contributed by atoms with Crippen molar-refractivity contribution in [2.75, 3.05) is 16.8 Å². The number of aromatic nitrogens is 2. The summed E-state index contributed by atoms with van der Waals surface area (Å²) < 4.78 is 1.67. The van der Waals surface area contributed by atoms with Gasteiger partial charge in [0.15, 0.2) is 14.5 Å². The number of hydrogen-bond donors (Lipinski definition) is 1. The van der Waals surface area contributed by atoms with Crippen LogP contribution in [0.3, 0.4) is 0 Å². The highest BCUT2D eigenvalue weighted by molar-refractivity contribution is 8.03. The van der Waals surface area contributed by atoms with Crippen LogP contribution in [0.2, 0.25) is 0 Å². The topological polar surface area (TPSA) is 72.0 Å². The highest BCUT2D eigenvalue weighted by Gasteiger charge is 2.11. The molecule has 0 aliphatic carbocycles. The molecule has 1 aromatic carbocycles. The Bertz CT molecular complexity index is 757. The van der Waals surface area contributed by atoms with Crippen molar-refractivity contribution in [3.05, 3.63) is 42.0 Å². The van der Waals surface area contributed by atoms with Crippen LogP contribution in [0.5, 0.6) is 0 Å². The Morgan fingerprint density at radius 2 is 1.72 bits per heavy atom. The van der Waals surface area contributed by atoms with Crippen LogP contribution in [0, 0.1) is 0 Å². The van der Waals surface area contributed by atoms with Crippen LogP contribution < -0.4 is 5.32 Å². The van der Waals surface area contributed by atoms with Crippen molar-refractivity contribution < 1.29 is 9.59 Å². The minimum absolute atomic E-state index is 0.0182. The molecule has 1 aromatic heterocycles. The van der Waals surface area contributed by atoms with Crippen LogP contribution in [-0.4, -0.2) is 33.4 Å². The van der Waals surface area contributed by atoms with E-state index in [1.54, 1.807) is 43.0 Å². The quantitative estimate of drug-likeness (QED) is 0.383. The van der Waals surface area contributed by atoms with E-state index in [-0.39, 0.29) is 11.7 Å². The Morgan fingerprint density at radius 3 is 2.28 bits per heavy atom. The fourth-order valence-corrected chi connectivity index (χ4v) is 4.46. The van der Waals surface area contributed by atoms with Gasteiger partial charge in [-0.3, -0.25) is 9.59 Å². The van der Waals surface area contributed by atoms with Crippen LogP contribution in [0.25, 0.3) is 0 Å². The number of amides is 1. The minimum atomic E-state index is -0.0498. The van der Waals surface area contributed by atoms with Crippen LogP contribution in [0.15, 0.2) is 45.1 Å². The van der Waals surface area contributed by atoms with E-state index in [9.17, 15) is 9.59 Å². The Labute approximate surface area is 159 Å². The Balaban J connectivity index is 1.85. The van der Waals surface area contributed by atoms with Gasteiger partial charge >= 0.3 is 0 Å². The summed E-state index contributed by atoms with van der Waals surface area (Å²) in [4.78, 5) is 23.6. The van der Waals surface area contributed by atoms with Gasteiger partial charge in [-0.05, 0) is 31.2 Å². The largest absolute Gasteiger partial charge is 0.326 e. The lowest BCUT2D eigenvalue weighted by molar-refractivity contribution is -0.115. The summed E-state index contributed by atoms with van der Waals surface area (Å²) in [5.41, 5.74) is 2.39. The molecule has 1 N–H and O–H groups in total. The lowest BCUT2D eigenvalue weighted by Gasteiger charge is -2.04. The van der Waals surface area contributed by atoms with Crippen molar-refractivity contribution in [3.8, 4) is 0 Å². The Kier molecular flexibility index (Phi) is 7.67. The molecule has 2 aromatic rings. The summed E-state index contributed by atoms with van der Waals surface area (Å²) in [6.07, 6.45) is 0.422. The first-order valence-electron chi connectivity index (χ1n) is 7.64. The van der Waals surface area contributed by atoms with E-state index in [1.807, 2.05) is 6.92 Å². The van der Waals surface area contributed by atoms with Crippen LogP contribution in [0.1, 0.15) is 30.6 Å². The van der Waals surface area contributed by atoms with Crippen LogP contribution in [-0.2, 0) is 4.79 Å². The zero-order valence-corrected chi connectivity index (χ0v) is 16.5. The number of nitrogens with one attached hydrogen (secondary N) is 1. The van der Waals surface area contributed by atoms with E-state index in [1.165, 1.54) is 23.1 Å². The number of nitrogens with zero attached hydrogens (tertiary/aromatic N) is 2. The first-order chi connectivity index (χ1) is 12.0. The van der Waals surface area contributed by atoms with E-state index in [0.29, 0.717) is 23.4 Å². The van der Waals surface area contributed by atoms with Gasteiger partial charge in [-0.2, -0.15) is 0 Å². The zero-order valence-electron chi connectivity index (χ0n) is 14.1. The third-order valence-electron chi connectivity index (χ3n) is 2.97. The molecule has 1 heterocycles. The van der Waals surface area contributed by atoms with E-state index < -0.39 is 0 Å². The fraction of sp³-hybridized carbons (Fsp3) is 0.294. The molecule has 0 unspecified atom stereocenters. The maximum atomic E-state index is 12.3. The van der Waals surface area contributed by atoms with Crippen molar-refractivity contribution in [2.45, 2.75) is 28.9 Å². The van der Waals surface area contributed by atoms with Crippen molar-refractivity contribution in [1.82, 2.24) is 10.2 Å². The van der Waals surface area contributed by atoms with Crippen LogP contribution in [0.4, 0.5) is 5.69 Å². The average molecular weight is 394 g/mol. The minimum Gasteiger partial charge on any atom is -0.326 e. The molecular formula is C17H19N3O2S3. The van der Waals surface area contributed by atoms with Gasteiger partial charge in [0.25, 0.3) is 0 Å². The molecule has 0 spiro atoms. The molecule has 132 valence electrons. The highest BCUT2D eigenvalue weighted by atomic mass is 32.2. The summed E-state index contributed by atoms with van der Waals surface area (Å²) in [7, 11) is 0. The van der Waals surface area contributed by atoms with Crippen molar-refractivity contribution in [2.24, 2.45) is 0 Å². The second-order valence-electron chi connectivity index (χ2n) is 5.27. The normalized spacial score (nSPS) is 10.5. The molecule has 0 aliphatic heterocycles. The summed E-state index contributed by atoms with van der Waals surface area (Å²) in [5, 5.41) is 11.0. The standard InChI is InChI=1S/C17H19N3O2S3/c1-4-15(22)18-13-7-5-12(6-8-13)14(21)10-24-17-20-19-16(25-17)23-9-11(2)3/h5-8H,2,4,9-10H2,1,3H3,(H,18,22). The lowest BCUT2D eigenvalue weighted by Crippen LogP contribution is -2.09. The van der Waals surface area contributed by atoms with Gasteiger partial charge in [-0.1, -0.05) is 53.9 Å². The zero-order chi connectivity index (χ0) is 18.2. The van der Waals surface area contributed by atoms with E-state index >= 15 is 0 Å². The lowest BCUT2D eigenvalue weighted by atomic mass is 10.1. The second kappa shape index (κ2) is 9.74. The number of carbonyl (C=O) groups is 2. The van der Waals surface area contributed by atoms with Crippen molar-refractivity contribution in [3.63, 3.8) is 0 Å². The number of carbonyl (C=O) groups excluding carboxylic acids is 2. The molecule has 0 bridgehead atoms. The summed E-state index contributed by atoms with van der Waals surface area (Å²) >= 11 is 4.47. The first-order valence-corrected chi connectivity index (χ1v) is 10.4. The summed E-state index contributed by atoms with van der Waals surface area (Å²) in [6, 6.07) is 6.93. The van der Waals surface area contributed by atoms with Gasteiger partial charge in [0.2, 0.25) is 5.91 Å². The Morgan fingerprint density at radius 1 is 1.12 bits per heavy atom. The molecule has 0 aliphatic rings. The molecule has 0 fully saturated rings. The number of benzene rings is 1. The number of thioether (sulfide) groups is 2. The van der Waals surface area contributed by atoms with Gasteiger partial charge in [0, 0.05) is 23.4 Å². The molecule has 8 heteroatoms. The first kappa shape index (κ1) is 19.7. The van der Waals surface area contributed by atoms with Gasteiger partial charge in [-0.15, -0.1) is 10.2 Å². The van der Waals surface area contributed by atoms with Crippen molar-refractivity contribution >= 4 is 52.2 Å². The monoisotopic (exact) mass is 393 g/mol. The summed E-state index contributed by atoms with van der Waals surface area (Å²) in [5.74, 6) is 1.09. The SMILES string of the molecule is C=C(C)CSc1nnc(SCC(=O)c2ccc(NC(=O)CC)cc2)s1. The van der Waals surface area contributed by atoms with Gasteiger partial charge < -0.3 is 5.32 Å². The maximum Gasteiger partial charge on any atom is 0.224 e. The van der Waals surface area contributed by atoms with Crippen molar-refractivity contribution in [1.29, 1.82) is 0 Å². The molecule has 0 saturated carbocycles. The predicted molar refractivity (Wildman–Crippen MR) is 106 cm³/mol. The number of Topliss-reactive ketones (excluding diaryl/α,β-unsaturated/α-hetero) is 1.